The Morgan fingerprint density at radius 3 is 2.35 bits per heavy atom. The number of pyridine rings is 1. The molecule has 5 rings (SSSR count). The maximum absolute atomic E-state index is 12.6. The summed E-state index contributed by atoms with van der Waals surface area (Å²) in [6, 6.07) is 20.4. The summed E-state index contributed by atoms with van der Waals surface area (Å²) in [6.07, 6.45) is 1.33. The van der Waals surface area contributed by atoms with E-state index in [1.54, 1.807) is 18.3 Å². The Balaban J connectivity index is 1.12. The summed E-state index contributed by atoms with van der Waals surface area (Å²) >= 11 is 0. The summed E-state index contributed by atoms with van der Waals surface area (Å²) in [5.41, 5.74) is 11.0. The summed E-state index contributed by atoms with van der Waals surface area (Å²) in [4.78, 5) is 21.5. The molecule has 0 radical (unpaired) electrons. The molecule has 2 aliphatic heterocycles. The fraction of sp³-hybridized carbons (Fsp3) is 0.379. The van der Waals surface area contributed by atoms with E-state index >= 15 is 0 Å². The van der Waals surface area contributed by atoms with E-state index in [0.717, 1.165) is 38.3 Å². The first-order chi connectivity index (χ1) is 18.0. The van der Waals surface area contributed by atoms with Crippen molar-refractivity contribution in [2.24, 2.45) is 0 Å². The average molecular weight is 502 g/mol. The van der Waals surface area contributed by atoms with Crippen LogP contribution in [-0.4, -0.2) is 79.3 Å². The van der Waals surface area contributed by atoms with Crippen LogP contribution in [0.4, 0.5) is 5.82 Å². The van der Waals surface area contributed by atoms with Gasteiger partial charge in [0.2, 0.25) is 0 Å². The van der Waals surface area contributed by atoms with Crippen molar-refractivity contribution in [1.82, 2.24) is 20.1 Å². The van der Waals surface area contributed by atoms with Crippen LogP contribution in [0.25, 0.3) is 11.1 Å². The number of benzene rings is 2. The number of ether oxygens (including phenoxy) is 2. The van der Waals surface area contributed by atoms with Crippen molar-refractivity contribution in [2.45, 2.75) is 25.3 Å². The Morgan fingerprint density at radius 1 is 1.00 bits per heavy atom. The van der Waals surface area contributed by atoms with Crippen molar-refractivity contribution in [3.05, 3.63) is 83.6 Å². The maximum Gasteiger partial charge on any atom is 0.255 e. The first-order valence-electron chi connectivity index (χ1n) is 12.8. The highest BCUT2D eigenvalue weighted by Gasteiger charge is 2.31. The molecular formula is C29H35N5O3. The van der Waals surface area contributed by atoms with Gasteiger partial charge in [-0.25, -0.2) is 4.98 Å². The zero-order valence-electron chi connectivity index (χ0n) is 21.3. The van der Waals surface area contributed by atoms with E-state index in [2.05, 4.69) is 75.7 Å². The van der Waals surface area contributed by atoms with Crippen LogP contribution in [0, 0.1) is 0 Å². The SMILES string of the molecule is CN1CCN(Cc2ccc(-c3ccc(CO[C@@H]4COC[C@H]4NC(=O)c4cccnc4N)cc3)cc2)CC1. The van der Waals surface area contributed by atoms with Crippen LogP contribution in [0.15, 0.2) is 66.9 Å². The number of nitrogens with two attached hydrogens (primary N) is 1. The second kappa shape index (κ2) is 11.8. The molecule has 1 amide bonds. The highest BCUT2D eigenvalue weighted by Crippen LogP contribution is 2.22. The lowest BCUT2D eigenvalue weighted by molar-refractivity contribution is 0.0218. The van der Waals surface area contributed by atoms with E-state index < -0.39 is 0 Å². The number of carbonyl (C=O) groups excluding carboxylic acids is 1. The fourth-order valence-electron chi connectivity index (χ4n) is 4.75. The first-order valence-corrected chi connectivity index (χ1v) is 12.8. The molecule has 1 aromatic heterocycles. The highest BCUT2D eigenvalue weighted by molar-refractivity contribution is 5.98. The van der Waals surface area contributed by atoms with Crippen molar-refractivity contribution < 1.29 is 14.3 Å². The smallest absolute Gasteiger partial charge is 0.255 e. The third-order valence-electron chi connectivity index (χ3n) is 7.14. The van der Waals surface area contributed by atoms with Gasteiger partial charge in [0, 0.05) is 38.9 Å². The molecule has 8 nitrogen and oxygen atoms in total. The number of amides is 1. The Bertz CT molecular complexity index is 1180. The summed E-state index contributed by atoms with van der Waals surface area (Å²) in [5.74, 6) is -0.0604. The maximum atomic E-state index is 12.6. The van der Waals surface area contributed by atoms with Gasteiger partial charge in [-0.2, -0.15) is 0 Å². The van der Waals surface area contributed by atoms with Gasteiger partial charge in [0.05, 0.1) is 31.4 Å². The lowest BCUT2D eigenvalue weighted by atomic mass is 10.0. The number of anilines is 1. The number of piperazine rings is 1. The second-order valence-corrected chi connectivity index (χ2v) is 9.88. The molecule has 2 atom stereocenters. The van der Waals surface area contributed by atoms with Gasteiger partial charge in [0.25, 0.3) is 5.91 Å². The van der Waals surface area contributed by atoms with Crippen LogP contribution >= 0.6 is 0 Å². The molecule has 194 valence electrons. The number of aromatic nitrogens is 1. The highest BCUT2D eigenvalue weighted by atomic mass is 16.5. The van der Waals surface area contributed by atoms with Crippen molar-refractivity contribution in [2.75, 3.05) is 52.2 Å². The molecule has 2 fully saturated rings. The molecule has 3 N–H and O–H groups in total. The number of rotatable bonds is 8. The largest absolute Gasteiger partial charge is 0.383 e. The van der Waals surface area contributed by atoms with Crippen LogP contribution in [0.5, 0.6) is 0 Å². The molecule has 0 unspecified atom stereocenters. The summed E-state index contributed by atoms with van der Waals surface area (Å²) in [6.45, 7) is 6.82. The predicted molar refractivity (Wildman–Crippen MR) is 144 cm³/mol. The topological polar surface area (TPSA) is 93.0 Å². The quantitative estimate of drug-likeness (QED) is 0.490. The predicted octanol–water partition coefficient (Wildman–Crippen LogP) is 2.79. The summed E-state index contributed by atoms with van der Waals surface area (Å²) < 4.78 is 11.7. The van der Waals surface area contributed by atoms with Gasteiger partial charge in [-0.3, -0.25) is 9.69 Å². The number of likely N-dealkylation sites (N-methyl/N-ethyl adjacent to an activating group) is 1. The molecule has 3 aromatic rings. The summed E-state index contributed by atoms with van der Waals surface area (Å²) in [5, 5.41) is 2.97. The standard InChI is InChI=1S/C29H35N5O3/c1-33-13-15-34(16-14-33)17-21-4-8-23(9-5-21)24-10-6-22(7-11-24)18-37-27-20-36-19-26(27)32-29(35)25-3-2-12-31-28(25)30/h2-12,26-27H,13-20H2,1H3,(H2,30,31)(H,32,35)/t26-,27-/m1/s1. The summed E-state index contributed by atoms with van der Waals surface area (Å²) in [7, 11) is 2.19. The third kappa shape index (κ3) is 6.53. The van der Waals surface area contributed by atoms with Crippen LogP contribution in [0.2, 0.25) is 0 Å². The lowest BCUT2D eigenvalue weighted by Crippen LogP contribution is -2.44. The molecule has 8 heteroatoms. The number of hydrogen-bond acceptors (Lipinski definition) is 7. The Labute approximate surface area is 218 Å². The Morgan fingerprint density at radius 2 is 1.68 bits per heavy atom. The van der Waals surface area contributed by atoms with E-state index in [4.69, 9.17) is 15.2 Å². The molecule has 2 aromatic carbocycles. The second-order valence-electron chi connectivity index (χ2n) is 9.88. The molecule has 0 saturated carbocycles. The molecule has 0 spiro atoms. The minimum Gasteiger partial charge on any atom is -0.383 e. The van der Waals surface area contributed by atoms with E-state index in [1.165, 1.54) is 16.7 Å². The molecule has 2 saturated heterocycles. The number of nitrogens with zero attached hydrogens (tertiary/aromatic N) is 3. The Hall–Kier alpha value is -3.30. The molecule has 3 heterocycles. The first kappa shape index (κ1) is 25.4. The normalized spacial score (nSPS) is 20.7. The monoisotopic (exact) mass is 501 g/mol. The van der Waals surface area contributed by atoms with Crippen molar-refractivity contribution in [3.8, 4) is 11.1 Å². The van der Waals surface area contributed by atoms with Gasteiger partial charge >= 0.3 is 0 Å². The number of nitrogens with one attached hydrogen (secondary N) is 1. The molecular weight excluding hydrogens is 466 g/mol. The van der Waals surface area contributed by atoms with Crippen LogP contribution < -0.4 is 11.1 Å². The minimum atomic E-state index is -0.270. The van der Waals surface area contributed by atoms with Crippen LogP contribution in [-0.2, 0) is 22.6 Å². The van der Waals surface area contributed by atoms with Gasteiger partial charge in [-0.1, -0.05) is 48.5 Å². The van der Waals surface area contributed by atoms with Crippen LogP contribution in [0.1, 0.15) is 21.5 Å². The van der Waals surface area contributed by atoms with Gasteiger partial charge in [0.1, 0.15) is 11.9 Å². The lowest BCUT2D eigenvalue weighted by Gasteiger charge is -2.32. The number of hydrogen-bond donors (Lipinski definition) is 2. The van der Waals surface area contributed by atoms with Crippen molar-refractivity contribution in [1.29, 1.82) is 0 Å². The van der Waals surface area contributed by atoms with Crippen LogP contribution in [0.3, 0.4) is 0 Å². The van der Waals surface area contributed by atoms with E-state index in [-0.39, 0.29) is 23.9 Å². The minimum absolute atomic E-state index is 0.209. The Kier molecular flexibility index (Phi) is 8.11. The van der Waals surface area contributed by atoms with Gasteiger partial charge in [-0.05, 0) is 41.4 Å². The van der Waals surface area contributed by atoms with E-state index in [9.17, 15) is 4.79 Å². The van der Waals surface area contributed by atoms with E-state index in [1.807, 2.05) is 0 Å². The average Bonchev–Trinajstić information content (AvgIpc) is 3.36. The molecule has 37 heavy (non-hydrogen) atoms. The number of nitrogen functional groups attached to an aromatic ring is 1. The third-order valence-corrected chi connectivity index (χ3v) is 7.14. The van der Waals surface area contributed by atoms with E-state index in [0.29, 0.717) is 25.4 Å². The molecule has 0 aliphatic carbocycles. The van der Waals surface area contributed by atoms with Gasteiger partial charge < -0.3 is 25.4 Å². The van der Waals surface area contributed by atoms with Gasteiger partial charge in [-0.15, -0.1) is 0 Å². The zero-order chi connectivity index (χ0) is 25.6. The number of carbonyl (C=O) groups is 1. The zero-order valence-corrected chi connectivity index (χ0v) is 21.3. The molecule has 0 bridgehead atoms. The van der Waals surface area contributed by atoms with Gasteiger partial charge in [0.15, 0.2) is 0 Å². The van der Waals surface area contributed by atoms with Crippen molar-refractivity contribution in [3.63, 3.8) is 0 Å². The fourth-order valence-corrected chi connectivity index (χ4v) is 4.75. The molecule has 2 aliphatic rings. The van der Waals surface area contributed by atoms with Crippen molar-refractivity contribution >= 4 is 11.7 Å².